The standard InChI is InChI=1S/C16H26FN3O/c1-16(2,3)20-11-12-6-8-18-15(14(12)17)19-9-7-13-5-4-10-21-13/h6,8,13,20H,4-5,7,9-11H2,1-3H3,(H,18,19). The molecule has 4 nitrogen and oxygen atoms in total. The van der Waals surface area contributed by atoms with E-state index < -0.39 is 0 Å². The molecule has 0 aliphatic carbocycles. The van der Waals surface area contributed by atoms with Crippen molar-refractivity contribution in [3.8, 4) is 0 Å². The van der Waals surface area contributed by atoms with Gasteiger partial charge in [0.1, 0.15) is 0 Å². The summed E-state index contributed by atoms with van der Waals surface area (Å²) in [5.74, 6) is 0.0720. The van der Waals surface area contributed by atoms with Crippen LogP contribution < -0.4 is 10.6 Å². The second kappa shape index (κ2) is 7.18. The summed E-state index contributed by atoms with van der Waals surface area (Å²) in [6.07, 6.45) is 5.09. The zero-order valence-corrected chi connectivity index (χ0v) is 13.2. The average Bonchev–Trinajstić information content (AvgIpc) is 2.91. The molecule has 0 radical (unpaired) electrons. The number of rotatable bonds is 6. The zero-order chi connectivity index (χ0) is 15.3. The maximum absolute atomic E-state index is 14.4. The first-order valence-electron chi connectivity index (χ1n) is 7.69. The van der Waals surface area contributed by atoms with Crippen LogP contribution in [-0.4, -0.2) is 29.8 Å². The van der Waals surface area contributed by atoms with E-state index in [-0.39, 0.29) is 11.4 Å². The minimum absolute atomic E-state index is 0.0386. The van der Waals surface area contributed by atoms with Gasteiger partial charge in [0.05, 0.1) is 6.10 Å². The summed E-state index contributed by atoms with van der Waals surface area (Å²) in [7, 11) is 0. The number of hydrogen-bond acceptors (Lipinski definition) is 4. The van der Waals surface area contributed by atoms with Crippen molar-refractivity contribution in [3.63, 3.8) is 0 Å². The minimum atomic E-state index is -0.262. The summed E-state index contributed by atoms with van der Waals surface area (Å²) in [5, 5.41) is 6.37. The van der Waals surface area contributed by atoms with Crippen LogP contribution in [0.1, 0.15) is 45.6 Å². The highest BCUT2D eigenvalue weighted by atomic mass is 19.1. The second-order valence-electron chi connectivity index (χ2n) is 6.59. The van der Waals surface area contributed by atoms with Gasteiger partial charge in [-0.2, -0.15) is 0 Å². The van der Waals surface area contributed by atoms with Crippen molar-refractivity contribution in [3.05, 3.63) is 23.6 Å². The van der Waals surface area contributed by atoms with Gasteiger partial charge in [0, 0.05) is 37.0 Å². The molecule has 21 heavy (non-hydrogen) atoms. The fraction of sp³-hybridized carbons (Fsp3) is 0.688. The van der Waals surface area contributed by atoms with E-state index in [0.717, 1.165) is 25.9 Å². The molecule has 1 aliphatic rings. The molecule has 2 N–H and O–H groups in total. The highest BCUT2D eigenvalue weighted by Crippen LogP contribution is 2.18. The predicted octanol–water partition coefficient (Wildman–Crippen LogP) is 3.09. The predicted molar refractivity (Wildman–Crippen MR) is 82.9 cm³/mol. The lowest BCUT2D eigenvalue weighted by Crippen LogP contribution is -2.35. The van der Waals surface area contributed by atoms with E-state index in [1.54, 1.807) is 12.3 Å². The van der Waals surface area contributed by atoms with Gasteiger partial charge in [0.15, 0.2) is 11.6 Å². The van der Waals surface area contributed by atoms with Crippen LogP contribution in [-0.2, 0) is 11.3 Å². The molecule has 5 heteroatoms. The number of aromatic nitrogens is 1. The lowest BCUT2D eigenvalue weighted by Gasteiger charge is -2.21. The van der Waals surface area contributed by atoms with Crippen molar-refractivity contribution in [2.24, 2.45) is 0 Å². The van der Waals surface area contributed by atoms with Crippen molar-refractivity contribution in [1.29, 1.82) is 0 Å². The summed E-state index contributed by atoms with van der Waals surface area (Å²) in [6.45, 7) is 8.22. The number of anilines is 1. The van der Waals surface area contributed by atoms with Crippen LogP contribution in [0.25, 0.3) is 0 Å². The van der Waals surface area contributed by atoms with Crippen LogP contribution in [0.5, 0.6) is 0 Å². The molecule has 1 saturated heterocycles. The van der Waals surface area contributed by atoms with E-state index in [9.17, 15) is 4.39 Å². The number of hydrogen-bond donors (Lipinski definition) is 2. The Hall–Kier alpha value is -1.20. The van der Waals surface area contributed by atoms with Gasteiger partial charge < -0.3 is 15.4 Å². The Morgan fingerprint density at radius 2 is 2.24 bits per heavy atom. The van der Waals surface area contributed by atoms with Gasteiger partial charge in [0.25, 0.3) is 0 Å². The Morgan fingerprint density at radius 3 is 2.90 bits per heavy atom. The molecule has 1 aliphatic heterocycles. The van der Waals surface area contributed by atoms with E-state index in [0.29, 0.717) is 30.6 Å². The topological polar surface area (TPSA) is 46.2 Å². The summed E-state index contributed by atoms with van der Waals surface area (Å²) in [5.41, 5.74) is 0.600. The Morgan fingerprint density at radius 1 is 1.43 bits per heavy atom. The molecule has 118 valence electrons. The summed E-state index contributed by atoms with van der Waals surface area (Å²) >= 11 is 0. The normalized spacial score (nSPS) is 19.0. The molecule has 0 aromatic carbocycles. The first-order valence-corrected chi connectivity index (χ1v) is 7.69. The number of nitrogens with one attached hydrogen (secondary N) is 2. The Labute approximate surface area is 126 Å². The van der Waals surface area contributed by atoms with Gasteiger partial charge in [-0.15, -0.1) is 0 Å². The van der Waals surface area contributed by atoms with E-state index >= 15 is 0 Å². The number of ether oxygens (including phenoxy) is 1. The van der Waals surface area contributed by atoms with Crippen molar-refractivity contribution in [2.75, 3.05) is 18.5 Å². The maximum Gasteiger partial charge on any atom is 0.169 e. The molecule has 0 bridgehead atoms. The van der Waals surface area contributed by atoms with Gasteiger partial charge in [-0.3, -0.25) is 0 Å². The lowest BCUT2D eigenvalue weighted by atomic mass is 10.1. The number of nitrogens with zero attached hydrogens (tertiary/aromatic N) is 1. The number of pyridine rings is 1. The van der Waals surface area contributed by atoms with Crippen LogP contribution in [0.3, 0.4) is 0 Å². The Kier molecular flexibility index (Phi) is 5.53. The van der Waals surface area contributed by atoms with Gasteiger partial charge in [0.2, 0.25) is 0 Å². The minimum Gasteiger partial charge on any atom is -0.378 e. The van der Waals surface area contributed by atoms with Crippen LogP contribution in [0, 0.1) is 5.82 Å². The summed E-state index contributed by atoms with van der Waals surface area (Å²) < 4.78 is 19.9. The molecular weight excluding hydrogens is 269 g/mol. The van der Waals surface area contributed by atoms with Crippen LogP contribution in [0.4, 0.5) is 10.2 Å². The highest BCUT2D eigenvalue weighted by molar-refractivity contribution is 5.39. The van der Waals surface area contributed by atoms with E-state index in [1.165, 1.54) is 0 Å². The van der Waals surface area contributed by atoms with E-state index in [1.807, 2.05) is 0 Å². The molecule has 1 aromatic rings. The van der Waals surface area contributed by atoms with Gasteiger partial charge in [-0.05, 0) is 46.1 Å². The molecular formula is C16H26FN3O. The molecule has 0 spiro atoms. The van der Waals surface area contributed by atoms with Crippen LogP contribution in [0.2, 0.25) is 0 Å². The van der Waals surface area contributed by atoms with Crippen LogP contribution in [0.15, 0.2) is 12.3 Å². The van der Waals surface area contributed by atoms with Crippen molar-refractivity contribution in [1.82, 2.24) is 10.3 Å². The van der Waals surface area contributed by atoms with Crippen molar-refractivity contribution in [2.45, 2.75) is 58.2 Å². The molecule has 1 unspecified atom stereocenters. The molecule has 2 heterocycles. The van der Waals surface area contributed by atoms with Crippen LogP contribution >= 0.6 is 0 Å². The van der Waals surface area contributed by atoms with E-state index in [2.05, 4.69) is 36.4 Å². The summed E-state index contributed by atoms with van der Waals surface area (Å²) in [6, 6.07) is 1.72. The van der Waals surface area contributed by atoms with Crippen molar-refractivity contribution >= 4 is 5.82 Å². The molecule has 1 atom stereocenters. The van der Waals surface area contributed by atoms with E-state index in [4.69, 9.17) is 4.74 Å². The fourth-order valence-corrected chi connectivity index (χ4v) is 2.33. The molecule has 1 aromatic heterocycles. The highest BCUT2D eigenvalue weighted by Gasteiger charge is 2.16. The molecule has 0 saturated carbocycles. The third-order valence-corrected chi connectivity index (χ3v) is 3.56. The maximum atomic E-state index is 14.4. The first-order chi connectivity index (χ1) is 9.96. The molecule has 1 fully saturated rings. The lowest BCUT2D eigenvalue weighted by molar-refractivity contribution is 0.107. The SMILES string of the molecule is CC(C)(C)NCc1ccnc(NCCC2CCCO2)c1F. The smallest absolute Gasteiger partial charge is 0.169 e. The van der Waals surface area contributed by atoms with Gasteiger partial charge in [-0.1, -0.05) is 0 Å². The zero-order valence-electron chi connectivity index (χ0n) is 13.2. The monoisotopic (exact) mass is 295 g/mol. The average molecular weight is 295 g/mol. The van der Waals surface area contributed by atoms with Gasteiger partial charge >= 0.3 is 0 Å². The van der Waals surface area contributed by atoms with Crippen molar-refractivity contribution < 1.29 is 9.13 Å². The fourth-order valence-electron chi connectivity index (χ4n) is 2.33. The largest absolute Gasteiger partial charge is 0.378 e. The van der Waals surface area contributed by atoms with Gasteiger partial charge in [-0.25, -0.2) is 9.37 Å². The molecule has 2 rings (SSSR count). The molecule has 0 amide bonds. The second-order valence-corrected chi connectivity index (χ2v) is 6.59. The third-order valence-electron chi connectivity index (χ3n) is 3.56. The Bertz CT molecular complexity index is 453. The number of halogens is 1. The Balaban J connectivity index is 1.87. The quantitative estimate of drug-likeness (QED) is 0.846. The first kappa shape index (κ1) is 16.2. The third kappa shape index (κ3) is 5.25. The summed E-state index contributed by atoms with van der Waals surface area (Å²) in [4.78, 5) is 4.09.